The Kier molecular flexibility index (Phi) is 5.47. The maximum atomic E-state index is 10.6. The van der Waals surface area contributed by atoms with Gasteiger partial charge in [0.15, 0.2) is 0 Å². The third-order valence-corrected chi connectivity index (χ3v) is 2.99. The first-order chi connectivity index (χ1) is 8.89. The molecular weight excluding hydrogens is 270 g/mol. The van der Waals surface area contributed by atoms with Crippen molar-refractivity contribution < 1.29 is 19.7 Å². The van der Waals surface area contributed by atoms with Gasteiger partial charge in [0.2, 0.25) is 5.79 Å². The predicted octanol–water partition coefficient (Wildman–Crippen LogP) is 2.34. The number of hydrogen-bond acceptors (Lipinski definition) is 4. The minimum absolute atomic E-state index is 0.0949. The average Bonchev–Trinajstić information content (AvgIpc) is 2.38. The number of rotatable bonds is 7. The van der Waals surface area contributed by atoms with Gasteiger partial charge in [0.25, 0.3) is 0 Å². The molecule has 0 aliphatic rings. The lowest BCUT2D eigenvalue weighted by Gasteiger charge is -2.25. The molecule has 1 atom stereocenters. The van der Waals surface area contributed by atoms with Gasteiger partial charge in [-0.3, -0.25) is 4.98 Å². The molecular formula is C13H16ClNO4. The molecule has 5 nitrogen and oxygen atoms in total. The van der Waals surface area contributed by atoms with Crippen molar-refractivity contribution in [2.24, 2.45) is 0 Å². The topological polar surface area (TPSA) is 79.7 Å². The number of aliphatic carboxylic acids is 1. The van der Waals surface area contributed by atoms with Crippen molar-refractivity contribution in [2.75, 3.05) is 7.11 Å². The molecule has 0 bridgehead atoms. The summed E-state index contributed by atoms with van der Waals surface area (Å²) < 4.78 is 5.08. The summed E-state index contributed by atoms with van der Waals surface area (Å²) >= 11 is 5.84. The van der Waals surface area contributed by atoms with Crippen LogP contribution in [0, 0.1) is 0 Å². The summed E-state index contributed by atoms with van der Waals surface area (Å²) in [6, 6.07) is 3.10. The largest absolute Gasteiger partial charge is 0.478 e. The fraction of sp³-hybridized carbons (Fsp3) is 0.385. The third-order valence-electron chi connectivity index (χ3n) is 2.76. The molecule has 1 heterocycles. The summed E-state index contributed by atoms with van der Waals surface area (Å²) in [4.78, 5) is 14.6. The maximum Gasteiger partial charge on any atom is 0.330 e. The van der Waals surface area contributed by atoms with Crippen LogP contribution in [0.4, 0.5) is 0 Å². The number of halogens is 1. The van der Waals surface area contributed by atoms with E-state index in [-0.39, 0.29) is 18.4 Å². The van der Waals surface area contributed by atoms with Crippen LogP contribution in [-0.2, 0) is 15.3 Å². The lowest BCUT2D eigenvalue weighted by atomic mass is 10.0. The Hall–Kier alpha value is -1.43. The zero-order valence-corrected chi connectivity index (χ0v) is 11.4. The van der Waals surface area contributed by atoms with Crippen LogP contribution in [0.2, 0.25) is 5.02 Å². The van der Waals surface area contributed by atoms with Gasteiger partial charge >= 0.3 is 5.97 Å². The lowest BCUT2D eigenvalue weighted by molar-refractivity contribution is -0.202. The first kappa shape index (κ1) is 15.6. The zero-order valence-electron chi connectivity index (χ0n) is 10.6. The van der Waals surface area contributed by atoms with Gasteiger partial charge in [0, 0.05) is 30.3 Å². The molecule has 0 saturated heterocycles. The van der Waals surface area contributed by atoms with Gasteiger partial charge in [0.1, 0.15) is 5.69 Å². The highest BCUT2D eigenvalue weighted by molar-refractivity contribution is 6.30. The molecule has 1 aromatic heterocycles. The molecule has 0 aliphatic carbocycles. The summed E-state index contributed by atoms with van der Waals surface area (Å²) in [5, 5.41) is 19.5. The standard InChI is InChI=1S/C13H16ClNO4/c1-9(12(16)17)4-3-6-13(18,19-2)11-8-10(14)5-7-15-11/h5,7-8,18H,1,3-4,6H2,2H3,(H,16,17)/t13-/m0/s1. The molecule has 0 fully saturated rings. The monoisotopic (exact) mass is 285 g/mol. The van der Waals surface area contributed by atoms with Crippen LogP contribution >= 0.6 is 11.6 Å². The van der Waals surface area contributed by atoms with Gasteiger partial charge in [-0.05, 0) is 25.0 Å². The van der Waals surface area contributed by atoms with Crippen molar-refractivity contribution >= 4 is 17.6 Å². The number of hydrogen-bond donors (Lipinski definition) is 2. The first-order valence-corrected chi connectivity index (χ1v) is 6.07. The number of nitrogens with zero attached hydrogens (tertiary/aromatic N) is 1. The van der Waals surface area contributed by atoms with Gasteiger partial charge in [-0.1, -0.05) is 18.2 Å². The SMILES string of the molecule is C=C(CCC[C@](O)(OC)c1cc(Cl)ccn1)C(=O)O. The second kappa shape index (κ2) is 6.65. The molecule has 19 heavy (non-hydrogen) atoms. The number of pyridine rings is 1. The van der Waals surface area contributed by atoms with E-state index in [1.165, 1.54) is 19.4 Å². The van der Waals surface area contributed by atoms with Gasteiger partial charge in [0.05, 0.1) is 0 Å². The highest BCUT2D eigenvalue weighted by Crippen LogP contribution is 2.28. The molecule has 104 valence electrons. The fourth-order valence-electron chi connectivity index (χ4n) is 1.60. The maximum absolute atomic E-state index is 10.6. The second-order valence-corrected chi connectivity index (χ2v) is 4.55. The highest BCUT2D eigenvalue weighted by atomic mass is 35.5. The average molecular weight is 286 g/mol. The van der Waals surface area contributed by atoms with E-state index in [0.717, 1.165) is 0 Å². The van der Waals surface area contributed by atoms with Crippen LogP contribution in [0.1, 0.15) is 25.0 Å². The van der Waals surface area contributed by atoms with E-state index in [1.54, 1.807) is 6.07 Å². The van der Waals surface area contributed by atoms with Gasteiger partial charge < -0.3 is 14.9 Å². The number of carboxylic acids is 1. The van der Waals surface area contributed by atoms with Crippen molar-refractivity contribution in [3.63, 3.8) is 0 Å². The van der Waals surface area contributed by atoms with Crippen molar-refractivity contribution in [1.29, 1.82) is 0 Å². The van der Waals surface area contributed by atoms with Crippen molar-refractivity contribution in [1.82, 2.24) is 4.98 Å². The van der Waals surface area contributed by atoms with Crippen LogP contribution in [0.15, 0.2) is 30.5 Å². The Morgan fingerprint density at radius 3 is 2.84 bits per heavy atom. The van der Waals surface area contributed by atoms with E-state index in [0.29, 0.717) is 17.1 Å². The molecule has 0 saturated carbocycles. The summed E-state index contributed by atoms with van der Waals surface area (Å²) in [5.74, 6) is -2.62. The minimum Gasteiger partial charge on any atom is -0.478 e. The number of carbonyl (C=O) groups is 1. The van der Waals surface area contributed by atoms with E-state index in [2.05, 4.69) is 11.6 Å². The lowest BCUT2D eigenvalue weighted by Crippen LogP contribution is -2.29. The molecule has 0 spiro atoms. The zero-order chi connectivity index (χ0) is 14.5. The van der Waals surface area contributed by atoms with Crippen LogP contribution in [0.25, 0.3) is 0 Å². The summed E-state index contributed by atoms with van der Waals surface area (Å²) in [5.41, 5.74) is 0.390. The summed E-state index contributed by atoms with van der Waals surface area (Å²) in [6.45, 7) is 3.43. The van der Waals surface area contributed by atoms with Gasteiger partial charge in [-0.25, -0.2) is 4.79 Å². The second-order valence-electron chi connectivity index (χ2n) is 4.11. The van der Waals surface area contributed by atoms with Gasteiger partial charge in [-0.2, -0.15) is 0 Å². The smallest absolute Gasteiger partial charge is 0.330 e. The summed E-state index contributed by atoms with van der Waals surface area (Å²) in [7, 11) is 1.36. The van der Waals surface area contributed by atoms with E-state index in [1.807, 2.05) is 0 Å². The molecule has 1 aromatic rings. The number of carboxylic acid groups (broad SMARTS) is 1. The molecule has 2 N–H and O–H groups in total. The normalized spacial score (nSPS) is 13.8. The van der Waals surface area contributed by atoms with Crippen molar-refractivity contribution in [3.05, 3.63) is 41.2 Å². The highest BCUT2D eigenvalue weighted by Gasteiger charge is 2.30. The molecule has 0 aromatic carbocycles. The number of ether oxygens (including phenoxy) is 1. The first-order valence-electron chi connectivity index (χ1n) is 5.69. The Morgan fingerprint density at radius 2 is 2.32 bits per heavy atom. The van der Waals surface area contributed by atoms with Crippen LogP contribution < -0.4 is 0 Å². The van der Waals surface area contributed by atoms with E-state index in [4.69, 9.17) is 21.4 Å². The van der Waals surface area contributed by atoms with Crippen molar-refractivity contribution in [3.8, 4) is 0 Å². The molecule has 0 unspecified atom stereocenters. The predicted molar refractivity (Wildman–Crippen MR) is 70.8 cm³/mol. The molecule has 6 heteroatoms. The number of methoxy groups -OCH3 is 1. The molecule has 0 amide bonds. The molecule has 0 aliphatic heterocycles. The Balaban J connectivity index is 2.71. The molecule has 1 rings (SSSR count). The van der Waals surface area contributed by atoms with Crippen molar-refractivity contribution in [2.45, 2.75) is 25.0 Å². The van der Waals surface area contributed by atoms with E-state index < -0.39 is 11.8 Å². The Labute approximate surface area is 116 Å². The fourth-order valence-corrected chi connectivity index (χ4v) is 1.76. The van der Waals surface area contributed by atoms with Gasteiger partial charge in [-0.15, -0.1) is 0 Å². The van der Waals surface area contributed by atoms with Crippen LogP contribution in [0.5, 0.6) is 0 Å². The van der Waals surface area contributed by atoms with Crippen LogP contribution in [0.3, 0.4) is 0 Å². The third kappa shape index (κ3) is 4.31. The Bertz CT molecular complexity index is 477. The quantitative estimate of drug-likeness (QED) is 0.594. The Morgan fingerprint density at radius 1 is 1.63 bits per heavy atom. The molecule has 0 radical (unpaired) electrons. The van der Waals surface area contributed by atoms with E-state index in [9.17, 15) is 9.90 Å². The van der Waals surface area contributed by atoms with E-state index >= 15 is 0 Å². The number of aromatic nitrogens is 1. The summed E-state index contributed by atoms with van der Waals surface area (Å²) in [6.07, 6.45) is 2.34. The number of aliphatic hydroxyl groups is 1. The minimum atomic E-state index is -1.58. The van der Waals surface area contributed by atoms with Crippen LogP contribution in [-0.4, -0.2) is 28.3 Å².